The number of hydrogen-bond donors (Lipinski definition) is 2. The van der Waals surface area contributed by atoms with E-state index in [2.05, 4.69) is 175 Å². The maximum atomic E-state index is 10.4. The summed E-state index contributed by atoms with van der Waals surface area (Å²) >= 11 is 0. The molecule has 0 aliphatic heterocycles. The van der Waals surface area contributed by atoms with E-state index >= 15 is 0 Å². The summed E-state index contributed by atoms with van der Waals surface area (Å²) in [6, 6.07) is 51.5. The van der Waals surface area contributed by atoms with Crippen LogP contribution in [0.25, 0.3) is 98.0 Å². The van der Waals surface area contributed by atoms with Crippen LogP contribution in [0.1, 0.15) is 89.5 Å². The van der Waals surface area contributed by atoms with Crippen molar-refractivity contribution in [1.29, 1.82) is 0 Å². The van der Waals surface area contributed by atoms with Gasteiger partial charge in [0.05, 0.1) is 0 Å². The van der Waals surface area contributed by atoms with Gasteiger partial charge in [0, 0.05) is 18.6 Å². The molecule has 2 nitrogen and oxygen atoms in total. The lowest BCUT2D eigenvalue weighted by Gasteiger charge is -2.33. The SMILES string of the molecule is CC(C)(C)c1cc2ccc3ccc(-c4ccc5c(c4)C(CCCO)(CCCO)c4cc(-c6ccc7ccc8cc(C(C)(C)C)cc9ccc6c7c89)ccc4-5)c4ccc(c1)c2c34. The Kier molecular flexibility index (Phi) is 8.51. The van der Waals surface area contributed by atoms with Crippen LogP contribution >= 0.6 is 0 Å². The Labute approximate surface area is 359 Å². The molecule has 11 rings (SSSR count). The lowest BCUT2D eigenvalue weighted by molar-refractivity contribution is 0.247. The molecule has 0 unspecified atom stereocenters. The molecule has 10 aromatic carbocycles. The molecular formula is C59H54O2. The fourth-order valence-corrected chi connectivity index (χ4v) is 11.3. The zero-order valence-electron chi connectivity index (χ0n) is 36.3. The molecule has 0 saturated heterocycles. The first-order chi connectivity index (χ1) is 29.4. The van der Waals surface area contributed by atoms with Gasteiger partial charge in [-0.3, -0.25) is 0 Å². The number of fused-ring (bicyclic) bond motifs is 3. The first kappa shape index (κ1) is 38.1. The summed E-state index contributed by atoms with van der Waals surface area (Å²) in [5.74, 6) is 0. The normalized spacial score (nSPS) is 14.1. The minimum atomic E-state index is -0.359. The van der Waals surface area contributed by atoms with Crippen LogP contribution < -0.4 is 0 Å². The van der Waals surface area contributed by atoms with Crippen molar-refractivity contribution >= 4 is 64.6 Å². The van der Waals surface area contributed by atoms with E-state index in [9.17, 15) is 10.2 Å². The summed E-state index contributed by atoms with van der Waals surface area (Å²) in [4.78, 5) is 0. The van der Waals surface area contributed by atoms with Gasteiger partial charge in [-0.25, -0.2) is 0 Å². The molecule has 0 aromatic heterocycles. The lowest BCUT2D eigenvalue weighted by Crippen LogP contribution is -2.26. The van der Waals surface area contributed by atoms with Crippen LogP contribution in [0.2, 0.25) is 0 Å². The molecule has 1 aliphatic rings. The van der Waals surface area contributed by atoms with Crippen molar-refractivity contribution in [3.8, 4) is 33.4 Å². The molecule has 10 aromatic rings. The van der Waals surface area contributed by atoms with E-state index in [4.69, 9.17) is 0 Å². The fraction of sp³-hybridized carbons (Fsp3) is 0.254. The molecule has 0 spiro atoms. The average Bonchev–Trinajstić information content (AvgIpc) is 3.52. The molecule has 0 atom stereocenters. The molecule has 0 fully saturated rings. The summed E-state index contributed by atoms with van der Waals surface area (Å²) in [6.07, 6.45) is 2.98. The molecule has 1 aliphatic carbocycles. The Morgan fingerprint density at radius 3 is 1.10 bits per heavy atom. The molecule has 302 valence electrons. The van der Waals surface area contributed by atoms with E-state index in [0.717, 1.165) is 12.8 Å². The second-order valence-electron chi connectivity index (χ2n) is 20.1. The van der Waals surface area contributed by atoms with Crippen molar-refractivity contribution in [2.45, 2.75) is 83.5 Å². The van der Waals surface area contributed by atoms with Gasteiger partial charge in [-0.1, -0.05) is 163 Å². The van der Waals surface area contributed by atoms with Crippen LogP contribution in [-0.4, -0.2) is 23.4 Å². The van der Waals surface area contributed by atoms with Crippen molar-refractivity contribution in [2.75, 3.05) is 13.2 Å². The number of aliphatic hydroxyl groups is 2. The summed E-state index contributed by atoms with van der Waals surface area (Å²) in [5, 5.41) is 36.4. The van der Waals surface area contributed by atoms with E-state index in [0.29, 0.717) is 12.8 Å². The minimum Gasteiger partial charge on any atom is -0.396 e. The molecule has 0 bridgehead atoms. The maximum absolute atomic E-state index is 10.4. The van der Waals surface area contributed by atoms with Crippen LogP contribution in [0.3, 0.4) is 0 Å². The first-order valence-corrected chi connectivity index (χ1v) is 22.3. The monoisotopic (exact) mass is 794 g/mol. The third kappa shape index (κ3) is 5.75. The highest BCUT2D eigenvalue weighted by Crippen LogP contribution is 2.56. The molecule has 2 N–H and O–H groups in total. The Morgan fingerprint density at radius 1 is 0.377 bits per heavy atom. The van der Waals surface area contributed by atoms with Gasteiger partial charge in [0.2, 0.25) is 0 Å². The van der Waals surface area contributed by atoms with E-state index in [1.54, 1.807) is 0 Å². The molecule has 0 saturated carbocycles. The van der Waals surface area contributed by atoms with E-state index in [1.807, 2.05) is 0 Å². The predicted molar refractivity (Wildman–Crippen MR) is 261 cm³/mol. The summed E-state index contributed by atoms with van der Waals surface area (Å²) in [6.45, 7) is 14.0. The number of rotatable bonds is 8. The lowest BCUT2D eigenvalue weighted by atomic mass is 9.70. The third-order valence-corrected chi connectivity index (χ3v) is 14.4. The number of aliphatic hydroxyl groups excluding tert-OH is 2. The summed E-state index contributed by atoms with van der Waals surface area (Å²) < 4.78 is 0. The van der Waals surface area contributed by atoms with E-state index < -0.39 is 0 Å². The molecule has 2 heteroatoms. The van der Waals surface area contributed by atoms with Crippen LogP contribution in [0.15, 0.2) is 133 Å². The zero-order chi connectivity index (χ0) is 42.0. The van der Waals surface area contributed by atoms with Gasteiger partial charge < -0.3 is 10.2 Å². The Hall–Kier alpha value is -5.80. The Balaban J connectivity index is 1.08. The predicted octanol–water partition coefficient (Wildman–Crippen LogP) is 15.2. The van der Waals surface area contributed by atoms with Crippen LogP contribution in [0, 0.1) is 0 Å². The van der Waals surface area contributed by atoms with Crippen LogP contribution in [-0.2, 0) is 16.2 Å². The van der Waals surface area contributed by atoms with Gasteiger partial charge in [-0.05, 0) is 169 Å². The minimum absolute atomic E-state index is 0.0651. The second kappa shape index (κ2) is 13.6. The largest absolute Gasteiger partial charge is 0.396 e. The average molecular weight is 795 g/mol. The Morgan fingerprint density at radius 2 is 0.721 bits per heavy atom. The van der Waals surface area contributed by atoms with Gasteiger partial charge in [0.1, 0.15) is 0 Å². The van der Waals surface area contributed by atoms with E-state index in [1.165, 1.54) is 120 Å². The zero-order valence-corrected chi connectivity index (χ0v) is 36.3. The molecule has 0 amide bonds. The molecule has 0 radical (unpaired) electrons. The summed E-state index contributed by atoms with van der Waals surface area (Å²) in [5.41, 5.74) is 12.5. The molecule has 0 heterocycles. The van der Waals surface area contributed by atoms with Gasteiger partial charge in [-0.15, -0.1) is 0 Å². The first-order valence-electron chi connectivity index (χ1n) is 22.3. The van der Waals surface area contributed by atoms with Gasteiger partial charge in [0.15, 0.2) is 0 Å². The van der Waals surface area contributed by atoms with Gasteiger partial charge in [0.25, 0.3) is 0 Å². The van der Waals surface area contributed by atoms with Crippen LogP contribution in [0.4, 0.5) is 0 Å². The molecular weight excluding hydrogens is 741 g/mol. The number of hydrogen-bond acceptors (Lipinski definition) is 2. The fourth-order valence-electron chi connectivity index (χ4n) is 11.3. The van der Waals surface area contributed by atoms with Crippen molar-refractivity contribution in [3.63, 3.8) is 0 Å². The molecule has 61 heavy (non-hydrogen) atoms. The van der Waals surface area contributed by atoms with Crippen molar-refractivity contribution in [3.05, 3.63) is 156 Å². The van der Waals surface area contributed by atoms with E-state index in [-0.39, 0.29) is 29.5 Å². The van der Waals surface area contributed by atoms with Gasteiger partial charge >= 0.3 is 0 Å². The highest BCUT2D eigenvalue weighted by atomic mass is 16.3. The number of benzene rings is 10. The van der Waals surface area contributed by atoms with Crippen molar-refractivity contribution < 1.29 is 10.2 Å². The van der Waals surface area contributed by atoms with Crippen LogP contribution in [0.5, 0.6) is 0 Å². The topological polar surface area (TPSA) is 40.5 Å². The third-order valence-electron chi connectivity index (χ3n) is 14.4. The van der Waals surface area contributed by atoms with Crippen molar-refractivity contribution in [2.24, 2.45) is 0 Å². The highest BCUT2D eigenvalue weighted by molar-refractivity contribution is 6.27. The van der Waals surface area contributed by atoms with Gasteiger partial charge in [-0.2, -0.15) is 0 Å². The maximum Gasteiger partial charge on any atom is 0.0431 e. The summed E-state index contributed by atoms with van der Waals surface area (Å²) in [7, 11) is 0. The smallest absolute Gasteiger partial charge is 0.0431 e. The quantitative estimate of drug-likeness (QED) is 0.150. The van der Waals surface area contributed by atoms with Crippen molar-refractivity contribution in [1.82, 2.24) is 0 Å². The second-order valence-corrected chi connectivity index (χ2v) is 20.1. The highest BCUT2D eigenvalue weighted by Gasteiger charge is 2.43. The standard InChI is InChI=1S/C59H54O2/c1-57(2,3)43-29-39-11-9-35-13-19-45(49-23-17-41(31-43)53(39)55(35)49)37-15-21-47-48-22-16-38(34-52(48)59(25-7-27-60,26-8-28-61)51(47)33-37)46-20-14-36-10-12-40-30-44(58(4,5)6)32-42-18-24-50(46)56(36)54(40)42/h9-24,29-34,60-61H,7-8,25-28H2,1-6H3. The Bertz CT molecular complexity index is 3090.